The predicted octanol–water partition coefficient (Wildman–Crippen LogP) is 3.02. The van der Waals surface area contributed by atoms with Gasteiger partial charge in [0.1, 0.15) is 5.69 Å². The van der Waals surface area contributed by atoms with Crippen LogP contribution in [-0.4, -0.2) is 31.1 Å². The molecular weight excluding hydrogens is 312 g/mol. The van der Waals surface area contributed by atoms with Gasteiger partial charge in [0.25, 0.3) is 0 Å². The Morgan fingerprint density at radius 3 is 2.87 bits per heavy atom. The lowest BCUT2D eigenvalue weighted by atomic mass is 10.1. The summed E-state index contributed by atoms with van der Waals surface area (Å²) in [6, 6.07) is 6.80. The molecule has 0 spiro atoms. The molecule has 0 bridgehead atoms. The van der Waals surface area contributed by atoms with Gasteiger partial charge >= 0.3 is 5.97 Å². The van der Waals surface area contributed by atoms with Gasteiger partial charge < -0.3 is 5.11 Å². The maximum atomic E-state index is 11.3. The summed E-state index contributed by atoms with van der Waals surface area (Å²) in [5.41, 5.74) is 2.43. The topological polar surface area (TPSA) is 80.9 Å². The molecule has 0 aliphatic heterocycles. The van der Waals surface area contributed by atoms with Crippen LogP contribution in [0.4, 0.5) is 0 Å². The lowest BCUT2D eigenvalue weighted by molar-refractivity contribution is 0.0697. The molecule has 0 radical (unpaired) electrons. The first-order chi connectivity index (χ1) is 11.1. The third-order valence-corrected chi connectivity index (χ3v) is 4.50. The molecule has 0 aliphatic rings. The Labute approximate surface area is 137 Å². The minimum absolute atomic E-state index is 0.224. The molecular formula is C16H16N4O2S. The van der Waals surface area contributed by atoms with Gasteiger partial charge in [0, 0.05) is 10.4 Å². The summed E-state index contributed by atoms with van der Waals surface area (Å²) in [6.07, 6.45) is 2.65. The fourth-order valence-corrected chi connectivity index (χ4v) is 3.47. The van der Waals surface area contributed by atoms with Gasteiger partial charge in [-0.1, -0.05) is 30.3 Å². The van der Waals surface area contributed by atoms with Gasteiger partial charge in [0.05, 0.1) is 29.0 Å². The Kier molecular flexibility index (Phi) is 4.20. The number of aromatic nitrogens is 4. The molecule has 23 heavy (non-hydrogen) atoms. The van der Waals surface area contributed by atoms with E-state index < -0.39 is 5.97 Å². The zero-order chi connectivity index (χ0) is 16.4. The summed E-state index contributed by atoms with van der Waals surface area (Å²) in [6.45, 7) is 4.66. The van der Waals surface area contributed by atoms with Crippen LogP contribution in [0.2, 0.25) is 0 Å². The average molecular weight is 328 g/mol. The number of aromatic carboxylic acids is 1. The molecule has 1 N–H and O–H groups in total. The summed E-state index contributed by atoms with van der Waals surface area (Å²) in [5.74, 6) is -0.971. The van der Waals surface area contributed by atoms with Crippen molar-refractivity contribution in [3.05, 3.63) is 51.6 Å². The zero-order valence-corrected chi connectivity index (χ0v) is 13.7. The third kappa shape index (κ3) is 3.14. The standard InChI is InChI=1S/C16H16N4O2S/c1-3-13-15(23-10(2)17-13)9-20-8-14(18-19-20)11-6-4-5-7-12(11)16(21)22/h4-8H,3,9H2,1-2H3,(H,21,22). The minimum Gasteiger partial charge on any atom is -0.478 e. The van der Waals surface area contributed by atoms with Crippen molar-refractivity contribution in [1.29, 1.82) is 0 Å². The van der Waals surface area contributed by atoms with Crippen molar-refractivity contribution in [3.63, 3.8) is 0 Å². The van der Waals surface area contributed by atoms with E-state index in [1.807, 2.05) is 6.92 Å². The minimum atomic E-state index is -0.971. The zero-order valence-electron chi connectivity index (χ0n) is 12.9. The van der Waals surface area contributed by atoms with E-state index in [1.165, 1.54) is 0 Å². The van der Waals surface area contributed by atoms with Gasteiger partial charge in [0.15, 0.2) is 0 Å². The van der Waals surface area contributed by atoms with Crippen LogP contribution in [-0.2, 0) is 13.0 Å². The number of hydrogen-bond acceptors (Lipinski definition) is 5. The molecule has 0 fully saturated rings. The molecule has 118 valence electrons. The number of thiazole rings is 1. The van der Waals surface area contributed by atoms with Gasteiger partial charge in [-0.05, 0) is 19.4 Å². The van der Waals surface area contributed by atoms with E-state index in [0.29, 0.717) is 17.8 Å². The van der Waals surface area contributed by atoms with Crippen molar-refractivity contribution in [2.75, 3.05) is 0 Å². The van der Waals surface area contributed by atoms with E-state index in [2.05, 4.69) is 22.2 Å². The molecule has 6 nitrogen and oxygen atoms in total. The summed E-state index contributed by atoms with van der Waals surface area (Å²) >= 11 is 1.65. The summed E-state index contributed by atoms with van der Waals surface area (Å²) in [4.78, 5) is 17.0. The number of aryl methyl sites for hydroxylation is 2. The number of carbonyl (C=O) groups is 1. The molecule has 0 saturated heterocycles. The SMILES string of the molecule is CCc1nc(C)sc1Cn1cc(-c2ccccc2C(=O)O)nn1. The molecule has 0 atom stereocenters. The Balaban J connectivity index is 1.91. The lowest BCUT2D eigenvalue weighted by Crippen LogP contribution is -2.01. The number of carboxylic acids is 1. The quantitative estimate of drug-likeness (QED) is 0.778. The van der Waals surface area contributed by atoms with Crippen LogP contribution in [0, 0.1) is 6.92 Å². The molecule has 0 unspecified atom stereocenters. The largest absolute Gasteiger partial charge is 0.478 e. The molecule has 1 aromatic carbocycles. The highest BCUT2D eigenvalue weighted by Gasteiger charge is 2.15. The Bertz CT molecular complexity index is 853. The maximum Gasteiger partial charge on any atom is 0.336 e. The second-order valence-electron chi connectivity index (χ2n) is 5.11. The fraction of sp³-hybridized carbons (Fsp3) is 0.250. The van der Waals surface area contributed by atoms with Crippen LogP contribution in [0.5, 0.6) is 0 Å². The summed E-state index contributed by atoms with van der Waals surface area (Å²) in [5, 5.41) is 18.6. The van der Waals surface area contributed by atoms with E-state index in [9.17, 15) is 9.90 Å². The Morgan fingerprint density at radius 2 is 2.13 bits per heavy atom. The molecule has 0 saturated carbocycles. The first-order valence-corrected chi connectivity index (χ1v) is 8.08. The van der Waals surface area contributed by atoms with Crippen LogP contribution in [0.15, 0.2) is 30.5 Å². The molecule has 3 rings (SSSR count). The number of hydrogen-bond donors (Lipinski definition) is 1. The summed E-state index contributed by atoms with van der Waals surface area (Å²) in [7, 11) is 0. The number of carboxylic acid groups (broad SMARTS) is 1. The van der Waals surface area contributed by atoms with Crippen molar-refractivity contribution in [1.82, 2.24) is 20.0 Å². The fourth-order valence-electron chi connectivity index (χ4n) is 2.45. The van der Waals surface area contributed by atoms with Crippen molar-refractivity contribution >= 4 is 17.3 Å². The van der Waals surface area contributed by atoms with E-state index in [4.69, 9.17) is 0 Å². The molecule has 0 aliphatic carbocycles. The third-order valence-electron chi connectivity index (χ3n) is 3.50. The van der Waals surface area contributed by atoms with Gasteiger partial charge in [-0.3, -0.25) is 0 Å². The van der Waals surface area contributed by atoms with Gasteiger partial charge in [-0.15, -0.1) is 16.4 Å². The highest BCUT2D eigenvalue weighted by Crippen LogP contribution is 2.23. The van der Waals surface area contributed by atoms with Crippen molar-refractivity contribution < 1.29 is 9.90 Å². The highest BCUT2D eigenvalue weighted by molar-refractivity contribution is 7.11. The first kappa shape index (κ1) is 15.4. The van der Waals surface area contributed by atoms with E-state index in [-0.39, 0.29) is 5.56 Å². The maximum absolute atomic E-state index is 11.3. The number of rotatable bonds is 5. The lowest BCUT2D eigenvalue weighted by Gasteiger charge is -2.01. The Morgan fingerprint density at radius 1 is 1.35 bits per heavy atom. The van der Waals surface area contributed by atoms with Crippen LogP contribution in [0.1, 0.15) is 32.9 Å². The average Bonchev–Trinajstić information content (AvgIpc) is 3.14. The predicted molar refractivity (Wildman–Crippen MR) is 87.7 cm³/mol. The highest BCUT2D eigenvalue weighted by atomic mass is 32.1. The number of benzene rings is 1. The monoisotopic (exact) mass is 328 g/mol. The van der Waals surface area contributed by atoms with Crippen molar-refractivity contribution in [2.45, 2.75) is 26.8 Å². The Hall–Kier alpha value is -2.54. The van der Waals surface area contributed by atoms with E-state index in [0.717, 1.165) is 22.0 Å². The smallest absolute Gasteiger partial charge is 0.336 e. The second-order valence-corrected chi connectivity index (χ2v) is 6.40. The van der Waals surface area contributed by atoms with Gasteiger partial charge in [0.2, 0.25) is 0 Å². The van der Waals surface area contributed by atoms with E-state index >= 15 is 0 Å². The first-order valence-electron chi connectivity index (χ1n) is 7.26. The van der Waals surface area contributed by atoms with Crippen LogP contribution < -0.4 is 0 Å². The molecule has 2 heterocycles. The van der Waals surface area contributed by atoms with Crippen LogP contribution in [0.3, 0.4) is 0 Å². The van der Waals surface area contributed by atoms with Crippen molar-refractivity contribution in [3.8, 4) is 11.3 Å². The second kappa shape index (κ2) is 6.29. The number of nitrogens with zero attached hydrogens (tertiary/aromatic N) is 4. The van der Waals surface area contributed by atoms with Crippen LogP contribution in [0.25, 0.3) is 11.3 Å². The van der Waals surface area contributed by atoms with E-state index in [1.54, 1.807) is 46.5 Å². The normalized spacial score (nSPS) is 10.9. The van der Waals surface area contributed by atoms with Crippen LogP contribution >= 0.6 is 11.3 Å². The van der Waals surface area contributed by atoms with Crippen molar-refractivity contribution in [2.24, 2.45) is 0 Å². The van der Waals surface area contributed by atoms with Gasteiger partial charge in [-0.25, -0.2) is 14.5 Å². The molecule has 7 heteroatoms. The molecule has 2 aromatic heterocycles. The summed E-state index contributed by atoms with van der Waals surface area (Å²) < 4.78 is 1.72. The molecule has 0 amide bonds. The molecule has 3 aromatic rings. The van der Waals surface area contributed by atoms with Gasteiger partial charge in [-0.2, -0.15) is 0 Å².